The Morgan fingerprint density at radius 3 is 1.12 bits per heavy atom. The number of hydrogen-bond donors (Lipinski definition) is 0. The first-order valence-corrected chi connectivity index (χ1v) is 15.4. The zero-order valence-electron chi connectivity index (χ0n) is 26.0. The van der Waals surface area contributed by atoms with Crippen LogP contribution in [0.4, 0.5) is 0 Å². The number of nitrogens with zero attached hydrogens (tertiary/aromatic N) is 8. The largest absolute Gasteiger partial charge is 0.307 e. The summed E-state index contributed by atoms with van der Waals surface area (Å²) in [6.07, 6.45) is 0. The van der Waals surface area contributed by atoms with Crippen LogP contribution in [-0.4, -0.2) is 9.13 Å². The Kier molecular flexibility index (Phi) is 6.60. The molecule has 8 rings (SSSR count). The van der Waals surface area contributed by atoms with Crippen molar-refractivity contribution in [2.75, 3.05) is 0 Å². The van der Waals surface area contributed by atoms with Gasteiger partial charge in [0.25, 0.3) is 0 Å². The van der Waals surface area contributed by atoms with Crippen LogP contribution in [0.3, 0.4) is 0 Å². The molecule has 0 saturated carbocycles. The zero-order valence-corrected chi connectivity index (χ0v) is 26.0. The van der Waals surface area contributed by atoms with Gasteiger partial charge in [0.1, 0.15) is 0 Å². The predicted octanol–water partition coefficient (Wildman–Crippen LogP) is 8.78. The van der Waals surface area contributed by atoms with Crippen LogP contribution in [0.1, 0.15) is 33.4 Å². The van der Waals surface area contributed by atoms with Crippen LogP contribution in [0.25, 0.3) is 66.1 Å². The maximum absolute atomic E-state index is 10.6. The van der Waals surface area contributed by atoms with Crippen molar-refractivity contribution in [1.29, 1.82) is 31.6 Å². The molecule has 0 radical (unpaired) electrons. The molecule has 8 aromatic rings. The van der Waals surface area contributed by atoms with E-state index in [4.69, 9.17) is 0 Å². The van der Waals surface area contributed by atoms with Gasteiger partial charge in [-0.2, -0.15) is 31.6 Å². The van der Waals surface area contributed by atoms with Gasteiger partial charge in [-0.3, -0.25) is 0 Å². The summed E-state index contributed by atoms with van der Waals surface area (Å²) in [5, 5.41) is 63.5. The summed E-state index contributed by atoms with van der Waals surface area (Å²) in [4.78, 5) is 0. The Morgan fingerprint density at radius 2 is 0.740 bits per heavy atom. The topological polar surface area (TPSA) is 153 Å². The van der Waals surface area contributed by atoms with Crippen LogP contribution in [0.2, 0.25) is 0 Å². The predicted molar refractivity (Wildman–Crippen MR) is 189 cm³/mol. The third-order valence-corrected chi connectivity index (χ3v) is 9.07. The Bertz CT molecular complexity index is 2920. The van der Waals surface area contributed by atoms with Crippen LogP contribution in [0, 0.1) is 68.0 Å². The van der Waals surface area contributed by atoms with Gasteiger partial charge in [0.2, 0.25) is 0 Å². The number of aromatic nitrogens is 2. The van der Waals surface area contributed by atoms with E-state index in [0.717, 1.165) is 21.5 Å². The lowest BCUT2D eigenvalue weighted by Gasteiger charge is -2.19. The number of hydrogen-bond acceptors (Lipinski definition) is 6. The van der Waals surface area contributed by atoms with Crippen LogP contribution >= 0.6 is 0 Å². The van der Waals surface area contributed by atoms with Gasteiger partial charge in [0, 0.05) is 27.1 Å². The average Bonchev–Trinajstić information content (AvgIpc) is 3.67. The molecule has 0 saturated heterocycles. The molecule has 0 aliphatic carbocycles. The summed E-state index contributed by atoms with van der Waals surface area (Å²) in [7, 11) is 0. The quantitative estimate of drug-likeness (QED) is 0.189. The molecule has 0 atom stereocenters. The molecule has 0 N–H and O–H groups in total. The van der Waals surface area contributed by atoms with E-state index in [9.17, 15) is 31.6 Å². The lowest BCUT2D eigenvalue weighted by molar-refractivity contribution is 1.09. The van der Waals surface area contributed by atoms with Crippen molar-refractivity contribution in [2.24, 2.45) is 0 Å². The number of benzene rings is 6. The molecular weight excluding hydrogens is 617 g/mol. The summed E-state index contributed by atoms with van der Waals surface area (Å²) in [5.74, 6) is 0. The molecule has 0 unspecified atom stereocenters. The van der Waals surface area contributed by atoms with Crippen LogP contribution in [-0.2, 0) is 0 Å². The van der Waals surface area contributed by atoms with Crippen LogP contribution in [0.15, 0.2) is 109 Å². The molecule has 8 nitrogen and oxygen atoms in total. The lowest BCUT2D eigenvalue weighted by atomic mass is 9.96. The van der Waals surface area contributed by atoms with Crippen molar-refractivity contribution in [3.8, 4) is 58.9 Å². The first kappa shape index (κ1) is 29.3. The minimum absolute atomic E-state index is 0.331. The summed E-state index contributed by atoms with van der Waals surface area (Å²) in [5.41, 5.74) is 7.69. The number of rotatable bonds is 3. The molecule has 0 spiro atoms. The fraction of sp³-hybridized carbons (Fsp3) is 0. The third-order valence-electron chi connectivity index (χ3n) is 9.07. The van der Waals surface area contributed by atoms with Gasteiger partial charge < -0.3 is 9.13 Å². The highest BCUT2D eigenvalue weighted by Gasteiger charge is 2.23. The highest BCUT2D eigenvalue weighted by molar-refractivity contribution is 6.12. The molecule has 8 heteroatoms. The second-order valence-corrected chi connectivity index (χ2v) is 11.7. The first-order valence-electron chi connectivity index (χ1n) is 15.4. The van der Waals surface area contributed by atoms with Gasteiger partial charge in [-0.05, 0) is 78.4 Å². The summed E-state index contributed by atoms with van der Waals surface area (Å²) >= 11 is 0. The number of nitriles is 6. The molecule has 50 heavy (non-hydrogen) atoms. The van der Waals surface area contributed by atoms with E-state index in [-0.39, 0.29) is 0 Å². The maximum atomic E-state index is 10.6. The smallest absolute Gasteiger partial charge is 0.0998 e. The molecule has 2 heterocycles. The van der Waals surface area contributed by atoms with Crippen molar-refractivity contribution in [3.05, 3.63) is 143 Å². The van der Waals surface area contributed by atoms with Gasteiger partial charge in [-0.25, -0.2) is 0 Å². The SMILES string of the molecule is N#Cc1cccc(-c2cc(-n3c4cc(C#N)ccc4c4ccc(C#N)cc43)c(-n3c4cc(C#N)ccc4c4ccc(C#N)cc43)cc2C#N)c1. The highest BCUT2D eigenvalue weighted by atomic mass is 15.1. The van der Waals surface area contributed by atoms with E-state index >= 15 is 0 Å². The fourth-order valence-corrected chi connectivity index (χ4v) is 6.86. The minimum atomic E-state index is 0.331. The van der Waals surface area contributed by atoms with Gasteiger partial charge >= 0.3 is 0 Å². The van der Waals surface area contributed by atoms with E-state index in [1.54, 1.807) is 72.8 Å². The summed E-state index contributed by atoms with van der Waals surface area (Å²) in [6.45, 7) is 0. The standard InChI is InChI=1S/C42H18N8/c43-19-25-2-1-3-30(12-25)36-18-42(50-39-15-28(22-46)6-10-34(39)35-11-7-29(23-47)16-40(35)50)41(17-31(36)24-48)49-37-13-26(20-44)4-8-32(37)33-9-5-27(21-45)14-38(33)49/h1-18H. The third kappa shape index (κ3) is 4.33. The first-order chi connectivity index (χ1) is 24.5. The summed E-state index contributed by atoms with van der Waals surface area (Å²) < 4.78 is 3.94. The van der Waals surface area contributed by atoms with Crippen LogP contribution < -0.4 is 0 Å². The van der Waals surface area contributed by atoms with E-state index in [1.165, 1.54) is 0 Å². The zero-order chi connectivity index (χ0) is 34.5. The molecule has 0 aliphatic rings. The van der Waals surface area contributed by atoms with E-state index in [2.05, 4.69) is 36.4 Å². The van der Waals surface area contributed by atoms with Crippen LogP contribution in [0.5, 0.6) is 0 Å². The van der Waals surface area contributed by atoms with Crippen molar-refractivity contribution in [1.82, 2.24) is 9.13 Å². The van der Waals surface area contributed by atoms with Crippen molar-refractivity contribution < 1.29 is 0 Å². The van der Waals surface area contributed by atoms with E-state index in [0.29, 0.717) is 77.9 Å². The Morgan fingerprint density at radius 1 is 0.360 bits per heavy atom. The Labute approximate surface area is 285 Å². The molecule has 2 aromatic heterocycles. The molecule has 0 amide bonds. The second-order valence-electron chi connectivity index (χ2n) is 11.7. The fourth-order valence-electron chi connectivity index (χ4n) is 6.86. The van der Waals surface area contributed by atoms with Crippen molar-refractivity contribution in [2.45, 2.75) is 0 Å². The Hall–Kier alpha value is -8.14. The highest BCUT2D eigenvalue weighted by Crippen LogP contribution is 2.41. The summed E-state index contributed by atoms with van der Waals surface area (Å²) in [6, 6.07) is 45.9. The van der Waals surface area contributed by atoms with Gasteiger partial charge in [0.15, 0.2) is 0 Å². The second kappa shape index (κ2) is 11.3. The molecular formula is C42H18N8. The van der Waals surface area contributed by atoms with E-state index < -0.39 is 0 Å². The normalized spacial score (nSPS) is 10.7. The monoisotopic (exact) mass is 634 g/mol. The van der Waals surface area contributed by atoms with Crippen molar-refractivity contribution >= 4 is 43.6 Å². The van der Waals surface area contributed by atoms with E-state index in [1.807, 2.05) is 45.5 Å². The van der Waals surface area contributed by atoms with Gasteiger partial charge in [-0.1, -0.05) is 36.4 Å². The molecule has 0 aliphatic heterocycles. The molecule has 0 fully saturated rings. The van der Waals surface area contributed by atoms with Gasteiger partial charge in [-0.15, -0.1) is 0 Å². The lowest BCUT2D eigenvalue weighted by Crippen LogP contribution is -2.06. The molecule has 0 bridgehead atoms. The number of fused-ring (bicyclic) bond motifs is 6. The Balaban J connectivity index is 1.63. The van der Waals surface area contributed by atoms with Gasteiger partial charge in [0.05, 0.1) is 103 Å². The maximum Gasteiger partial charge on any atom is 0.0998 e. The van der Waals surface area contributed by atoms with Crippen molar-refractivity contribution in [3.63, 3.8) is 0 Å². The average molecular weight is 635 g/mol. The minimum Gasteiger partial charge on any atom is -0.307 e. The molecule has 6 aromatic carbocycles. The molecule has 226 valence electrons.